The molecule has 0 aliphatic carbocycles. The normalized spacial score (nSPS) is 10.5. The van der Waals surface area contributed by atoms with Crippen LogP contribution in [0.25, 0.3) is 10.9 Å². The number of non-ortho nitro benzene ring substituents is 1. The fraction of sp³-hybridized carbons (Fsp3) is 0.167. The summed E-state index contributed by atoms with van der Waals surface area (Å²) < 4.78 is 0. The summed E-state index contributed by atoms with van der Waals surface area (Å²) in [6.45, 7) is 0. The second-order valence-electron chi connectivity index (χ2n) is 4.01. The average molecular weight is 262 g/mol. The lowest BCUT2D eigenvalue weighted by atomic mass is 10.1. The van der Waals surface area contributed by atoms with Crippen molar-refractivity contribution in [2.45, 2.75) is 12.8 Å². The highest BCUT2D eigenvalue weighted by Gasteiger charge is 2.16. The van der Waals surface area contributed by atoms with Gasteiger partial charge in [-0.2, -0.15) is 0 Å². The number of carboxylic acid groups (broad SMARTS) is 1. The van der Waals surface area contributed by atoms with Crippen molar-refractivity contribution in [1.82, 2.24) is 4.98 Å². The Hall–Kier alpha value is -2.70. The molecule has 0 saturated heterocycles. The summed E-state index contributed by atoms with van der Waals surface area (Å²) in [7, 11) is 0. The molecule has 0 aliphatic rings. The van der Waals surface area contributed by atoms with Crippen molar-refractivity contribution in [3.05, 3.63) is 40.1 Å². The first-order chi connectivity index (χ1) is 8.99. The number of aliphatic carboxylic acids is 1. The quantitative estimate of drug-likeness (QED) is 0.486. The van der Waals surface area contributed by atoms with Crippen LogP contribution in [-0.2, 0) is 4.79 Å². The third-order valence-electron chi connectivity index (χ3n) is 2.74. The van der Waals surface area contributed by atoms with E-state index in [0.29, 0.717) is 10.9 Å². The minimum absolute atomic E-state index is 0.112. The first kappa shape index (κ1) is 12.7. The number of nitro groups is 1. The molecule has 2 rings (SSSR count). The van der Waals surface area contributed by atoms with Crippen LogP contribution >= 0.6 is 0 Å². The standard InChI is InChI=1S/C12H10N2O5/c15-11(3-4-12(16)17)9-6-13-10-2-1-7(14(18)19)5-8(9)10/h1-2,5-6,13H,3-4H2,(H,16,17). The second kappa shape index (κ2) is 4.89. The Kier molecular flexibility index (Phi) is 3.28. The highest BCUT2D eigenvalue weighted by molar-refractivity contribution is 6.08. The highest BCUT2D eigenvalue weighted by Crippen LogP contribution is 2.24. The van der Waals surface area contributed by atoms with Gasteiger partial charge in [0, 0.05) is 41.2 Å². The molecular weight excluding hydrogens is 252 g/mol. The predicted molar refractivity (Wildman–Crippen MR) is 66.2 cm³/mol. The average Bonchev–Trinajstić information content (AvgIpc) is 2.78. The van der Waals surface area contributed by atoms with E-state index in [1.807, 2.05) is 0 Å². The molecule has 1 heterocycles. The van der Waals surface area contributed by atoms with E-state index in [9.17, 15) is 19.7 Å². The zero-order valence-corrected chi connectivity index (χ0v) is 9.75. The van der Waals surface area contributed by atoms with E-state index in [0.717, 1.165) is 0 Å². The summed E-state index contributed by atoms with van der Waals surface area (Å²) in [5.74, 6) is -1.41. The van der Waals surface area contributed by atoms with Crippen LogP contribution < -0.4 is 0 Å². The summed E-state index contributed by atoms with van der Waals surface area (Å²) >= 11 is 0. The van der Waals surface area contributed by atoms with Crippen LogP contribution in [0.5, 0.6) is 0 Å². The number of carbonyl (C=O) groups is 2. The lowest BCUT2D eigenvalue weighted by molar-refractivity contribution is -0.384. The van der Waals surface area contributed by atoms with E-state index in [1.54, 1.807) is 0 Å². The largest absolute Gasteiger partial charge is 0.481 e. The van der Waals surface area contributed by atoms with Gasteiger partial charge < -0.3 is 10.1 Å². The minimum atomic E-state index is -1.06. The van der Waals surface area contributed by atoms with Crippen LogP contribution in [0.3, 0.4) is 0 Å². The maximum absolute atomic E-state index is 11.9. The molecule has 19 heavy (non-hydrogen) atoms. The van der Waals surface area contributed by atoms with E-state index in [4.69, 9.17) is 5.11 Å². The highest BCUT2D eigenvalue weighted by atomic mass is 16.6. The van der Waals surface area contributed by atoms with Gasteiger partial charge in [0.15, 0.2) is 5.78 Å². The monoisotopic (exact) mass is 262 g/mol. The van der Waals surface area contributed by atoms with Crippen molar-refractivity contribution in [3.8, 4) is 0 Å². The molecule has 0 unspecified atom stereocenters. The molecule has 2 N–H and O–H groups in total. The number of hydrogen-bond acceptors (Lipinski definition) is 4. The van der Waals surface area contributed by atoms with E-state index >= 15 is 0 Å². The number of aromatic amines is 1. The van der Waals surface area contributed by atoms with Crippen LogP contribution in [-0.4, -0.2) is 26.8 Å². The number of rotatable bonds is 5. The summed E-state index contributed by atoms with van der Waals surface area (Å²) in [5.41, 5.74) is 0.767. The number of fused-ring (bicyclic) bond motifs is 1. The maximum atomic E-state index is 11.9. The Morgan fingerprint density at radius 2 is 2.05 bits per heavy atom. The van der Waals surface area contributed by atoms with E-state index in [2.05, 4.69) is 4.98 Å². The fourth-order valence-corrected chi connectivity index (χ4v) is 1.81. The minimum Gasteiger partial charge on any atom is -0.481 e. The van der Waals surface area contributed by atoms with Gasteiger partial charge in [0.05, 0.1) is 11.3 Å². The van der Waals surface area contributed by atoms with Gasteiger partial charge in [-0.15, -0.1) is 0 Å². The van der Waals surface area contributed by atoms with Gasteiger partial charge in [-0.05, 0) is 6.07 Å². The van der Waals surface area contributed by atoms with Crippen molar-refractivity contribution >= 4 is 28.3 Å². The molecular formula is C12H10N2O5. The topological polar surface area (TPSA) is 113 Å². The fourth-order valence-electron chi connectivity index (χ4n) is 1.81. The molecule has 0 saturated carbocycles. The van der Waals surface area contributed by atoms with Crippen molar-refractivity contribution in [1.29, 1.82) is 0 Å². The number of aromatic nitrogens is 1. The number of nitro benzene ring substituents is 1. The summed E-state index contributed by atoms with van der Waals surface area (Å²) in [6, 6.07) is 4.16. The molecule has 98 valence electrons. The predicted octanol–water partition coefficient (Wildman–Crippen LogP) is 2.12. The molecule has 0 spiro atoms. The van der Waals surface area contributed by atoms with Crippen molar-refractivity contribution in [2.24, 2.45) is 0 Å². The zero-order valence-electron chi connectivity index (χ0n) is 9.75. The third-order valence-corrected chi connectivity index (χ3v) is 2.74. The second-order valence-corrected chi connectivity index (χ2v) is 4.01. The molecule has 0 amide bonds. The number of H-pyrrole nitrogens is 1. The van der Waals surface area contributed by atoms with Gasteiger partial charge >= 0.3 is 5.97 Å². The summed E-state index contributed by atoms with van der Waals surface area (Å²) in [4.78, 5) is 35.3. The van der Waals surface area contributed by atoms with Gasteiger partial charge in [-0.3, -0.25) is 19.7 Å². The molecule has 0 bridgehead atoms. The van der Waals surface area contributed by atoms with Crippen molar-refractivity contribution in [3.63, 3.8) is 0 Å². The number of carboxylic acids is 1. The number of Topliss-reactive ketones (excluding diaryl/α,β-unsaturated/α-hetero) is 1. The van der Waals surface area contributed by atoms with Crippen LogP contribution in [0.4, 0.5) is 5.69 Å². The van der Waals surface area contributed by atoms with E-state index < -0.39 is 10.9 Å². The Labute approximate surface area is 107 Å². The molecule has 0 aliphatic heterocycles. The Morgan fingerprint density at radius 3 is 2.68 bits per heavy atom. The van der Waals surface area contributed by atoms with Gasteiger partial charge in [-0.25, -0.2) is 0 Å². The number of benzene rings is 1. The number of hydrogen-bond donors (Lipinski definition) is 2. The number of carbonyl (C=O) groups excluding carboxylic acids is 1. The Morgan fingerprint density at radius 1 is 1.32 bits per heavy atom. The van der Waals surface area contributed by atoms with Crippen LogP contribution in [0.1, 0.15) is 23.2 Å². The van der Waals surface area contributed by atoms with Gasteiger partial charge in [0.25, 0.3) is 5.69 Å². The van der Waals surface area contributed by atoms with Gasteiger partial charge in [-0.1, -0.05) is 0 Å². The molecule has 0 radical (unpaired) electrons. The number of nitrogens with zero attached hydrogens (tertiary/aromatic N) is 1. The smallest absolute Gasteiger partial charge is 0.303 e. The molecule has 7 heteroatoms. The Bertz CT molecular complexity index is 674. The number of ketones is 1. The Balaban J connectivity index is 2.37. The lowest BCUT2D eigenvalue weighted by Crippen LogP contribution is -2.03. The molecule has 7 nitrogen and oxygen atoms in total. The van der Waals surface area contributed by atoms with Crippen LogP contribution in [0.15, 0.2) is 24.4 Å². The van der Waals surface area contributed by atoms with E-state index in [1.165, 1.54) is 24.4 Å². The van der Waals surface area contributed by atoms with Gasteiger partial charge in [0.1, 0.15) is 0 Å². The summed E-state index contributed by atoms with van der Waals surface area (Å²) in [6.07, 6.45) is 1.05. The van der Waals surface area contributed by atoms with Crippen LogP contribution in [0.2, 0.25) is 0 Å². The molecule has 2 aromatic rings. The van der Waals surface area contributed by atoms with E-state index in [-0.39, 0.29) is 29.9 Å². The molecule has 0 fully saturated rings. The maximum Gasteiger partial charge on any atom is 0.303 e. The number of nitrogens with one attached hydrogen (secondary N) is 1. The van der Waals surface area contributed by atoms with Crippen LogP contribution in [0, 0.1) is 10.1 Å². The lowest BCUT2D eigenvalue weighted by Gasteiger charge is -1.97. The van der Waals surface area contributed by atoms with Crippen molar-refractivity contribution in [2.75, 3.05) is 0 Å². The summed E-state index contributed by atoms with van der Waals surface area (Å²) in [5, 5.41) is 19.7. The zero-order chi connectivity index (χ0) is 14.0. The first-order valence-corrected chi connectivity index (χ1v) is 5.49. The molecule has 1 aromatic carbocycles. The van der Waals surface area contributed by atoms with Gasteiger partial charge in [0.2, 0.25) is 0 Å². The van der Waals surface area contributed by atoms with Crippen molar-refractivity contribution < 1.29 is 19.6 Å². The molecule has 0 atom stereocenters. The third kappa shape index (κ3) is 2.59. The SMILES string of the molecule is O=C(O)CCC(=O)c1c[nH]c2ccc([N+](=O)[O-])cc12. The first-order valence-electron chi connectivity index (χ1n) is 5.49. The molecule has 1 aromatic heterocycles.